The van der Waals surface area contributed by atoms with E-state index in [1.54, 1.807) is 25.1 Å². The average molecular weight is 397 g/mol. The predicted octanol–water partition coefficient (Wildman–Crippen LogP) is 4.15. The van der Waals surface area contributed by atoms with Gasteiger partial charge in [-0.2, -0.15) is 0 Å². The maximum atomic E-state index is 14.2. The van der Waals surface area contributed by atoms with E-state index in [0.29, 0.717) is 5.56 Å². The molecule has 2 aromatic carbocycles. The molecule has 0 bridgehead atoms. The van der Waals surface area contributed by atoms with Crippen molar-refractivity contribution >= 4 is 11.8 Å². The van der Waals surface area contributed by atoms with E-state index in [0.717, 1.165) is 36.8 Å². The number of halogens is 1. The van der Waals surface area contributed by atoms with Crippen molar-refractivity contribution in [1.29, 1.82) is 0 Å². The lowest BCUT2D eigenvalue weighted by Crippen LogP contribution is -2.50. The fourth-order valence-electron chi connectivity index (χ4n) is 3.88. The second-order valence-electron chi connectivity index (χ2n) is 7.94. The Kier molecular flexibility index (Phi) is 7.02. The van der Waals surface area contributed by atoms with E-state index >= 15 is 0 Å². The van der Waals surface area contributed by atoms with Gasteiger partial charge in [0.15, 0.2) is 0 Å². The van der Waals surface area contributed by atoms with Crippen molar-refractivity contribution in [2.45, 2.75) is 64.6 Å². The molecule has 0 aliphatic heterocycles. The molecular formula is C24H29FN2O2. The topological polar surface area (TPSA) is 49.4 Å². The SMILES string of the molecule is Cc1cccc(CC(=O)N(Cc2ccccc2F)C(C)C(=O)NC2CCCC2)c1. The van der Waals surface area contributed by atoms with E-state index in [2.05, 4.69) is 5.32 Å². The molecule has 4 nitrogen and oxygen atoms in total. The zero-order chi connectivity index (χ0) is 20.8. The standard InChI is InChI=1S/C24H29FN2O2/c1-17-8-7-9-19(14-17)15-23(28)27(16-20-10-3-6-13-22(20)25)18(2)24(29)26-21-11-4-5-12-21/h3,6-10,13-14,18,21H,4-5,11-12,15-16H2,1-2H3,(H,26,29). The Hall–Kier alpha value is -2.69. The van der Waals surface area contributed by atoms with Crippen LogP contribution in [0.15, 0.2) is 48.5 Å². The number of benzene rings is 2. The van der Waals surface area contributed by atoms with Gasteiger partial charge < -0.3 is 10.2 Å². The summed E-state index contributed by atoms with van der Waals surface area (Å²) < 4.78 is 14.2. The normalized spacial score (nSPS) is 15.1. The third-order valence-corrected chi connectivity index (χ3v) is 5.61. The zero-order valence-corrected chi connectivity index (χ0v) is 17.2. The van der Waals surface area contributed by atoms with Gasteiger partial charge in [-0.15, -0.1) is 0 Å². The maximum absolute atomic E-state index is 14.2. The number of rotatable bonds is 7. The number of aryl methyl sites for hydroxylation is 1. The van der Waals surface area contributed by atoms with Crippen LogP contribution in [-0.4, -0.2) is 28.8 Å². The lowest BCUT2D eigenvalue weighted by molar-refractivity contribution is -0.140. The number of hydrogen-bond donors (Lipinski definition) is 1. The molecule has 0 heterocycles. The van der Waals surface area contributed by atoms with Crippen molar-refractivity contribution < 1.29 is 14.0 Å². The Balaban J connectivity index is 1.78. The van der Waals surface area contributed by atoms with Gasteiger partial charge in [-0.05, 0) is 38.3 Å². The molecule has 1 atom stereocenters. The van der Waals surface area contributed by atoms with Gasteiger partial charge in [-0.25, -0.2) is 4.39 Å². The summed E-state index contributed by atoms with van der Waals surface area (Å²) in [4.78, 5) is 27.5. The van der Waals surface area contributed by atoms with Crippen molar-refractivity contribution in [2.75, 3.05) is 0 Å². The summed E-state index contributed by atoms with van der Waals surface area (Å²) in [5, 5.41) is 3.06. The van der Waals surface area contributed by atoms with Crippen LogP contribution >= 0.6 is 0 Å². The fourth-order valence-corrected chi connectivity index (χ4v) is 3.88. The fraction of sp³-hybridized carbons (Fsp3) is 0.417. The first-order valence-corrected chi connectivity index (χ1v) is 10.3. The number of carbonyl (C=O) groups is 2. The van der Waals surface area contributed by atoms with Crippen LogP contribution in [0.1, 0.15) is 49.3 Å². The molecule has 5 heteroatoms. The minimum Gasteiger partial charge on any atom is -0.352 e. The Morgan fingerprint density at radius 2 is 1.86 bits per heavy atom. The van der Waals surface area contributed by atoms with Crippen LogP contribution in [0.5, 0.6) is 0 Å². The summed E-state index contributed by atoms with van der Waals surface area (Å²) in [5.41, 5.74) is 2.37. The van der Waals surface area contributed by atoms with Crippen LogP contribution in [0.25, 0.3) is 0 Å². The summed E-state index contributed by atoms with van der Waals surface area (Å²) in [5.74, 6) is -0.733. The molecule has 154 valence electrons. The van der Waals surface area contributed by atoms with Crippen molar-refractivity contribution in [3.63, 3.8) is 0 Å². The smallest absolute Gasteiger partial charge is 0.242 e. The average Bonchev–Trinajstić information content (AvgIpc) is 3.19. The van der Waals surface area contributed by atoms with Crippen LogP contribution in [0.4, 0.5) is 4.39 Å². The molecule has 1 N–H and O–H groups in total. The third-order valence-electron chi connectivity index (χ3n) is 5.61. The second kappa shape index (κ2) is 9.68. The Morgan fingerprint density at radius 3 is 2.55 bits per heavy atom. The van der Waals surface area contributed by atoms with Crippen LogP contribution in [-0.2, 0) is 22.6 Å². The molecule has 1 saturated carbocycles. The maximum Gasteiger partial charge on any atom is 0.242 e. The van der Waals surface area contributed by atoms with E-state index in [9.17, 15) is 14.0 Å². The van der Waals surface area contributed by atoms with Gasteiger partial charge in [-0.1, -0.05) is 60.9 Å². The minimum atomic E-state index is -0.674. The highest BCUT2D eigenvalue weighted by Gasteiger charge is 2.29. The highest BCUT2D eigenvalue weighted by Crippen LogP contribution is 2.19. The predicted molar refractivity (Wildman–Crippen MR) is 112 cm³/mol. The van der Waals surface area contributed by atoms with E-state index in [4.69, 9.17) is 0 Å². The van der Waals surface area contributed by atoms with E-state index in [-0.39, 0.29) is 36.6 Å². The summed E-state index contributed by atoms with van der Waals surface area (Å²) in [6, 6.07) is 13.6. The lowest BCUT2D eigenvalue weighted by Gasteiger charge is -2.30. The molecule has 0 saturated heterocycles. The molecule has 1 unspecified atom stereocenters. The quantitative estimate of drug-likeness (QED) is 0.764. The highest BCUT2D eigenvalue weighted by molar-refractivity contribution is 5.88. The number of nitrogens with one attached hydrogen (secondary N) is 1. The van der Waals surface area contributed by atoms with Gasteiger partial charge >= 0.3 is 0 Å². The van der Waals surface area contributed by atoms with E-state index < -0.39 is 6.04 Å². The van der Waals surface area contributed by atoms with E-state index in [1.165, 1.54) is 11.0 Å². The van der Waals surface area contributed by atoms with Gasteiger partial charge in [0.2, 0.25) is 11.8 Å². The number of nitrogens with zero attached hydrogens (tertiary/aromatic N) is 1. The molecular weight excluding hydrogens is 367 g/mol. The summed E-state index contributed by atoms with van der Waals surface area (Å²) in [6.07, 6.45) is 4.36. The van der Waals surface area contributed by atoms with Crippen molar-refractivity contribution in [1.82, 2.24) is 10.2 Å². The number of carbonyl (C=O) groups excluding carboxylic acids is 2. The van der Waals surface area contributed by atoms with E-state index in [1.807, 2.05) is 31.2 Å². The van der Waals surface area contributed by atoms with Crippen molar-refractivity contribution in [2.24, 2.45) is 0 Å². The Morgan fingerprint density at radius 1 is 1.14 bits per heavy atom. The molecule has 2 aromatic rings. The zero-order valence-electron chi connectivity index (χ0n) is 17.2. The first-order valence-electron chi connectivity index (χ1n) is 10.3. The molecule has 0 aromatic heterocycles. The van der Waals surface area contributed by atoms with Gasteiger partial charge in [0.25, 0.3) is 0 Å². The molecule has 0 spiro atoms. The summed E-state index contributed by atoms with van der Waals surface area (Å²) in [7, 11) is 0. The van der Waals surface area contributed by atoms with Gasteiger partial charge in [0, 0.05) is 18.2 Å². The Labute approximate surface area is 172 Å². The van der Waals surface area contributed by atoms with Crippen molar-refractivity contribution in [3.05, 3.63) is 71.0 Å². The molecule has 3 rings (SSSR count). The molecule has 1 fully saturated rings. The summed E-state index contributed by atoms with van der Waals surface area (Å²) in [6.45, 7) is 3.76. The monoisotopic (exact) mass is 396 g/mol. The van der Waals surface area contributed by atoms with Crippen LogP contribution in [0, 0.1) is 12.7 Å². The molecule has 2 amide bonds. The lowest BCUT2D eigenvalue weighted by atomic mass is 10.1. The van der Waals surface area contributed by atoms with Crippen molar-refractivity contribution in [3.8, 4) is 0 Å². The van der Waals surface area contributed by atoms with Crippen LogP contribution in [0.3, 0.4) is 0 Å². The van der Waals surface area contributed by atoms with Gasteiger partial charge in [0.05, 0.1) is 6.42 Å². The second-order valence-corrected chi connectivity index (χ2v) is 7.94. The molecule has 29 heavy (non-hydrogen) atoms. The third kappa shape index (κ3) is 5.66. The first kappa shape index (κ1) is 21.0. The number of amides is 2. The first-order chi connectivity index (χ1) is 13.9. The minimum absolute atomic E-state index is 0.0660. The van der Waals surface area contributed by atoms with Gasteiger partial charge in [0.1, 0.15) is 11.9 Å². The number of hydrogen-bond acceptors (Lipinski definition) is 2. The Bertz CT molecular complexity index is 861. The highest BCUT2D eigenvalue weighted by atomic mass is 19.1. The molecule has 0 radical (unpaired) electrons. The summed E-state index contributed by atoms with van der Waals surface area (Å²) >= 11 is 0. The molecule has 1 aliphatic carbocycles. The van der Waals surface area contributed by atoms with Crippen LogP contribution in [0.2, 0.25) is 0 Å². The molecule has 1 aliphatic rings. The van der Waals surface area contributed by atoms with Crippen LogP contribution < -0.4 is 5.32 Å². The largest absolute Gasteiger partial charge is 0.352 e. The van der Waals surface area contributed by atoms with Gasteiger partial charge in [-0.3, -0.25) is 9.59 Å².